The van der Waals surface area contributed by atoms with Gasteiger partial charge in [0.15, 0.2) is 5.78 Å². The van der Waals surface area contributed by atoms with E-state index in [0.29, 0.717) is 13.1 Å². The largest absolute Gasteiger partial charge is 0.472 e. The van der Waals surface area contributed by atoms with Crippen molar-refractivity contribution in [1.82, 2.24) is 4.90 Å². The van der Waals surface area contributed by atoms with Crippen molar-refractivity contribution in [2.45, 2.75) is 6.54 Å². The lowest BCUT2D eigenvalue weighted by Gasteiger charge is -2.14. The van der Waals surface area contributed by atoms with Crippen LogP contribution in [0.3, 0.4) is 0 Å². The molecule has 0 fully saturated rings. The zero-order chi connectivity index (χ0) is 13.0. The molecule has 0 saturated heterocycles. The number of furan rings is 1. The van der Waals surface area contributed by atoms with Gasteiger partial charge in [-0.05, 0) is 25.2 Å². The highest BCUT2D eigenvalue weighted by atomic mass is 79.9. The summed E-state index contributed by atoms with van der Waals surface area (Å²) in [6.45, 7) is 1.10. The van der Waals surface area contributed by atoms with Crippen LogP contribution in [0.15, 0.2) is 51.7 Å². The molecule has 2 aromatic rings. The molecule has 0 bridgehead atoms. The summed E-state index contributed by atoms with van der Waals surface area (Å²) in [5, 5.41) is 0. The van der Waals surface area contributed by atoms with Crippen LogP contribution >= 0.6 is 15.9 Å². The number of rotatable bonds is 5. The lowest BCUT2D eigenvalue weighted by atomic mass is 10.1. The Balaban J connectivity index is 1.95. The lowest BCUT2D eigenvalue weighted by Crippen LogP contribution is -2.25. The average Bonchev–Trinajstić information content (AvgIpc) is 2.81. The van der Waals surface area contributed by atoms with Crippen LogP contribution < -0.4 is 0 Å². The van der Waals surface area contributed by atoms with Gasteiger partial charge in [0.2, 0.25) is 0 Å². The molecule has 0 aliphatic carbocycles. The van der Waals surface area contributed by atoms with E-state index in [1.54, 1.807) is 12.5 Å². The van der Waals surface area contributed by atoms with Crippen molar-refractivity contribution >= 4 is 21.7 Å². The summed E-state index contributed by atoms with van der Waals surface area (Å²) in [6.07, 6.45) is 3.33. The Hall–Kier alpha value is -1.39. The first-order chi connectivity index (χ1) is 8.65. The molecule has 0 atom stereocenters. The zero-order valence-electron chi connectivity index (χ0n) is 10.1. The molecule has 1 aromatic carbocycles. The second kappa shape index (κ2) is 5.98. The normalized spacial score (nSPS) is 10.8. The van der Waals surface area contributed by atoms with E-state index in [-0.39, 0.29) is 5.78 Å². The molecule has 0 aliphatic rings. The van der Waals surface area contributed by atoms with Gasteiger partial charge in [0, 0.05) is 22.1 Å². The third-order valence-electron chi connectivity index (χ3n) is 2.59. The summed E-state index contributed by atoms with van der Waals surface area (Å²) < 4.78 is 5.93. The Morgan fingerprint density at radius 1 is 1.39 bits per heavy atom. The first kappa shape index (κ1) is 13.1. The minimum Gasteiger partial charge on any atom is -0.472 e. The smallest absolute Gasteiger partial charge is 0.176 e. The fourth-order valence-electron chi connectivity index (χ4n) is 1.75. The van der Waals surface area contributed by atoms with Gasteiger partial charge in [0.25, 0.3) is 0 Å². The molecule has 0 N–H and O–H groups in total. The summed E-state index contributed by atoms with van der Waals surface area (Å²) in [7, 11) is 1.92. The number of hydrogen-bond acceptors (Lipinski definition) is 3. The van der Waals surface area contributed by atoms with Gasteiger partial charge in [-0.15, -0.1) is 0 Å². The van der Waals surface area contributed by atoms with Crippen molar-refractivity contribution in [1.29, 1.82) is 0 Å². The Kier molecular flexibility index (Phi) is 4.33. The first-order valence-electron chi connectivity index (χ1n) is 5.63. The van der Waals surface area contributed by atoms with E-state index in [1.165, 1.54) is 0 Å². The Labute approximate surface area is 115 Å². The highest BCUT2D eigenvalue weighted by molar-refractivity contribution is 9.10. The molecular weight excluding hydrogens is 294 g/mol. The highest BCUT2D eigenvalue weighted by Crippen LogP contribution is 2.13. The van der Waals surface area contributed by atoms with Crippen molar-refractivity contribution in [2.75, 3.05) is 13.6 Å². The van der Waals surface area contributed by atoms with Crippen molar-refractivity contribution in [2.24, 2.45) is 0 Å². The third kappa shape index (κ3) is 3.55. The number of hydrogen-bond donors (Lipinski definition) is 0. The topological polar surface area (TPSA) is 33.5 Å². The van der Waals surface area contributed by atoms with Crippen molar-refractivity contribution in [3.05, 3.63) is 58.5 Å². The second-order valence-corrected chi connectivity index (χ2v) is 5.15. The molecule has 0 saturated carbocycles. The van der Waals surface area contributed by atoms with Gasteiger partial charge in [-0.25, -0.2) is 0 Å². The predicted octanol–water partition coefficient (Wildman–Crippen LogP) is 3.36. The monoisotopic (exact) mass is 307 g/mol. The number of likely N-dealkylation sites (N-methyl/N-ethyl adjacent to an activating group) is 1. The molecule has 0 spiro atoms. The van der Waals surface area contributed by atoms with E-state index in [9.17, 15) is 4.79 Å². The molecule has 18 heavy (non-hydrogen) atoms. The number of carbonyl (C=O) groups excluding carboxylic acids is 1. The first-order valence-corrected chi connectivity index (χ1v) is 6.43. The van der Waals surface area contributed by atoms with Gasteiger partial charge in [0.05, 0.1) is 19.1 Å². The maximum absolute atomic E-state index is 12.0. The van der Waals surface area contributed by atoms with Crippen LogP contribution in [0.5, 0.6) is 0 Å². The molecule has 4 heteroatoms. The molecule has 94 valence electrons. The SMILES string of the molecule is CN(CC(=O)c1cccc(Br)c1)Cc1ccoc1. The van der Waals surface area contributed by atoms with E-state index >= 15 is 0 Å². The maximum Gasteiger partial charge on any atom is 0.176 e. The molecule has 3 nitrogen and oxygen atoms in total. The molecule has 0 amide bonds. The van der Waals surface area contributed by atoms with Crippen LogP contribution in [-0.4, -0.2) is 24.3 Å². The Bertz CT molecular complexity index is 522. The van der Waals surface area contributed by atoms with E-state index in [4.69, 9.17) is 4.42 Å². The summed E-state index contributed by atoms with van der Waals surface area (Å²) in [5.74, 6) is 0.113. The van der Waals surface area contributed by atoms with E-state index in [1.807, 2.05) is 42.3 Å². The molecule has 2 rings (SSSR count). The lowest BCUT2D eigenvalue weighted by molar-refractivity contribution is 0.0943. The Morgan fingerprint density at radius 3 is 2.89 bits per heavy atom. The number of halogens is 1. The summed E-state index contributed by atoms with van der Waals surface area (Å²) in [6, 6.07) is 9.35. The number of nitrogens with zero attached hydrogens (tertiary/aromatic N) is 1. The van der Waals surface area contributed by atoms with Gasteiger partial charge in [-0.1, -0.05) is 28.1 Å². The van der Waals surface area contributed by atoms with Crippen molar-refractivity contribution in [3.63, 3.8) is 0 Å². The maximum atomic E-state index is 12.0. The molecule has 0 unspecified atom stereocenters. The average molecular weight is 308 g/mol. The molecule has 0 aliphatic heterocycles. The van der Waals surface area contributed by atoms with Crippen molar-refractivity contribution < 1.29 is 9.21 Å². The standard InChI is InChI=1S/C14H14BrNO2/c1-16(8-11-5-6-18-10-11)9-14(17)12-3-2-4-13(15)7-12/h2-7,10H,8-9H2,1H3. The fourth-order valence-corrected chi connectivity index (χ4v) is 2.15. The van der Waals surface area contributed by atoms with Crippen LogP contribution in [0.4, 0.5) is 0 Å². The van der Waals surface area contributed by atoms with E-state index < -0.39 is 0 Å². The summed E-state index contributed by atoms with van der Waals surface area (Å²) in [5.41, 5.74) is 1.79. The van der Waals surface area contributed by atoms with Crippen molar-refractivity contribution in [3.8, 4) is 0 Å². The van der Waals surface area contributed by atoms with Crippen LogP contribution in [-0.2, 0) is 6.54 Å². The number of Topliss-reactive ketones (excluding diaryl/α,β-unsaturated/α-hetero) is 1. The van der Waals surface area contributed by atoms with Gasteiger partial charge in [0.1, 0.15) is 0 Å². The Morgan fingerprint density at radius 2 is 2.22 bits per heavy atom. The zero-order valence-corrected chi connectivity index (χ0v) is 11.7. The van der Waals surface area contributed by atoms with Crippen LogP contribution in [0.1, 0.15) is 15.9 Å². The third-order valence-corrected chi connectivity index (χ3v) is 3.09. The minimum atomic E-state index is 0.113. The fraction of sp³-hybridized carbons (Fsp3) is 0.214. The van der Waals surface area contributed by atoms with E-state index in [2.05, 4.69) is 15.9 Å². The van der Waals surface area contributed by atoms with Gasteiger partial charge < -0.3 is 4.42 Å². The number of ketones is 1. The summed E-state index contributed by atoms with van der Waals surface area (Å²) >= 11 is 3.37. The van der Waals surface area contributed by atoms with Crippen LogP contribution in [0.25, 0.3) is 0 Å². The molecular formula is C14H14BrNO2. The van der Waals surface area contributed by atoms with Gasteiger partial charge in [-0.3, -0.25) is 9.69 Å². The number of benzene rings is 1. The molecule has 1 heterocycles. The molecule has 0 radical (unpaired) electrons. The molecule has 1 aromatic heterocycles. The number of carbonyl (C=O) groups is 1. The summed E-state index contributed by atoms with van der Waals surface area (Å²) in [4.78, 5) is 14.0. The van der Waals surface area contributed by atoms with Crippen LogP contribution in [0.2, 0.25) is 0 Å². The van der Waals surface area contributed by atoms with E-state index in [0.717, 1.165) is 15.6 Å². The minimum absolute atomic E-state index is 0.113. The van der Waals surface area contributed by atoms with Crippen LogP contribution in [0, 0.1) is 0 Å². The second-order valence-electron chi connectivity index (χ2n) is 4.24. The quantitative estimate of drug-likeness (QED) is 0.794. The predicted molar refractivity (Wildman–Crippen MR) is 73.5 cm³/mol. The van der Waals surface area contributed by atoms with Gasteiger partial charge in [-0.2, -0.15) is 0 Å². The van der Waals surface area contributed by atoms with Gasteiger partial charge >= 0.3 is 0 Å². The highest BCUT2D eigenvalue weighted by Gasteiger charge is 2.10.